The van der Waals surface area contributed by atoms with E-state index in [1.165, 1.54) is 0 Å². The van der Waals surface area contributed by atoms with Crippen LogP contribution in [0.1, 0.15) is 73.6 Å². The van der Waals surface area contributed by atoms with Crippen LogP contribution in [-0.2, 0) is 19.1 Å². The minimum absolute atomic E-state index is 0. The second kappa shape index (κ2) is 16.9. The van der Waals surface area contributed by atoms with Gasteiger partial charge in [0.2, 0.25) is 5.91 Å². The fourth-order valence-corrected chi connectivity index (χ4v) is 2.30. The van der Waals surface area contributed by atoms with Gasteiger partial charge in [0, 0.05) is 33.3 Å². The number of hydrogen-bond acceptors (Lipinski definition) is 4. The molecule has 0 bridgehead atoms. The van der Waals surface area contributed by atoms with Crippen LogP contribution in [0.2, 0.25) is 0 Å². The quantitative estimate of drug-likeness (QED) is 0.408. The normalized spacial score (nSPS) is 11.0. The summed E-state index contributed by atoms with van der Waals surface area (Å²) >= 11 is 0. The number of carbonyl (C=O) groups is 2. The van der Waals surface area contributed by atoms with E-state index in [-0.39, 0.29) is 13.3 Å². The minimum Gasteiger partial charge on any atom is -0.379 e. The smallest absolute Gasteiger partial charge is 0.220 e. The van der Waals surface area contributed by atoms with Crippen molar-refractivity contribution < 1.29 is 20.5 Å². The molecule has 0 aliphatic carbocycles. The van der Waals surface area contributed by atoms with Crippen LogP contribution >= 0.6 is 0 Å². The summed E-state index contributed by atoms with van der Waals surface area (Å²) in [4.78, 5) is 23.1. The molecule has 0 aliphatic rings. The summed E-state index contributed by atoms with van der Waals surface area (Å²) in [6.45, 7) is 8.86. The first-order chi connectivity index (χ1) is 11.6. The Kier molecular flexibility index (Phi) is 16.2. The number of ether oxygens (including phenoxy) is 2. The lowest BCUT2D eigenvalue weighted by atomic mass is 10.0. The van der Waals surface area contributed by atoms with E-state index in [1.807, 2.05) is 20.8 Å². The average Bonchev–Trinajstić information content (AvgIpc) is 2.56. The third kappa shape index (κ3) is 15.9. The molecule has 0 unspecified atom stereocenters. The van der Waals surface area contributed by atoms with Crippen LogP contribution in [0, 0.1) is 5.92 Å². The fourth-order valence-electron chi connectivity index (χ4n) is 2.30. The maximum absolute atomic E-state index is 11.6. The number of ketones is 1. The van der Waals surface area contributed by atoms with Gasteiger partial charge in [-0.15, -0.1) is 0 Å². The molecule has 0 saturated heterocycles. The van der Waals surface area contributed by atoms with Crippen molar-refractivity contribution in [3.8, 4) is 0 Å². The van der Waals surface area contributed by atoms with Gasteiger partial charge < -0.3 is 14.8 Å². The number of rotatable bonds is 17. The Morgan fingerprint density at radius 3 is 2.08 bits per heavy atom. The highest BCUT2D eigenvalue weighted by Gasteiger charge is 2.06. The summed E-state index contributed by atoms with van der Waals surface area (Å²) in [6, 6.07) is 0. The van der Waals surface area contributed by atoms with Crippen LogP contribution < -0.4 is 5.32 Å². The van der Waals surface area contributed by atoms with Crippen molar-refractivity contribution in [3.63, 3.8) is 0 Å². The third-order valence-electron chi connectivity index (χ3n) is 3.87. The molecule has 1 amide bonds. The first kappa shape index (κ1) is 23.1. The molecule has 0 heterocycles. The molecule has 5 nitrogen and oxygen atoms in total. The van der Waals surface area contributed by atoms with Crippen LogP contribution in [-0.4, -0.2) is 44.7 Å². The van der Waals surface area contributed by atoms with Gasteiger partial charge in [0.1, 0.15) is 5.78 Å². The Morgan fingerprint density at radius 1 is 0.875 bits per heavy atom. The second-order valence-electron chi connectivity index (χ2n) is 6.40. The number of unbranched alkanes of at least 4 members (excludes halogenated alkanes) is 5. The molecule has 0 saturated carbocycles. The topological polar surface area (TPSA) is 64.6 Å². The minimum atomic E-state index is 0. The zero-order valence-electron chi connectivity index (χ0n) is 15.9. The highest BCUT2D eigenvalue weighted by atomic mass is 16.5. The van der Waals surface area contributed by atoms with E-state index in [2.05, 4.69) is 5.32 Å². The summed E-state index contributed by atoms with van der Waals surface area (Å²) in [7, 11) is 0. The first-order valence-electron chi connectivity index (χ1n) is 9.52. The van der Waals surface area contributed by atoms with Crippen LogP contribution in [0.15, 0.2) is 0 Å². The molecule has 0 aromatic carbocycles. The van der Waals surface area contributed by atoms with Gasteiger partial charge in [-0.25, -0.2) is 0 Å². The van der Waals surface area contributed by atoms with Crippen LogP contribution in [0.3, 0.4) is 0 Å². The van der Waals surface area contributed by atoms with Crippen molar-refractivity contribution in [1.82, 2.24) is 5.32 Å². The molecule has 0 radical (unpaired) electrons. The molecule has 24 heavy (non-hydrogen) atoms. The zero-order chi connectivity index (χ0) is 18.0. The van der Waals surface area contributed by atoms with Gasteiger partial charge in [0.15, 0.2) is 0 Å². The van der Waals surface area contributed by atoms with E-state index in [0.29, 0.717) is 51.6 Å². The summed E-state index contributed by atoms with van der Waals surface area (Å²) in [5, 5.41) is 2.87. The van der Waals surface area contributed by atoms with Crippen molar-refractivity contribution in [2.45, 2.75) is 72.1 Å². The number of carbonyl (C=O) groups excluding carboxylic acids is 2. The average molecular weight is 346 g/mol. The lowest BCUT2D eigenvalue weighted by molar-refractivity contribution is -0.122. The van der Waals surface area contributed by atoms with E-state index >= 15 is 0 Å². The lowest BCUT2D eigenvalue weighted by Gasteiger charge is -2.07. The monoisotopic (exact) mass is 345 g/mol. The van der Waals surface area contributed by atoms with Crippen molar-refractivity contribution in [1.29, 1.82) is 0 Å². The molecular formula is C19H39NO4. The number of hydrogen-bond donors (Lipinski definition) is 1. The number of Topliss-reactive ketones (excluding diaryl/α,β-unsaturated/α-hetero) is 1. The molecule has 0 spiro atoms. The highest BCUT2D eigenvalue weighted by molar-refractivity contribution is 5.80. The standard InChI is InChI=1S/C19H37NO4.H2/c1-4-23-15-16-24-14-13-20-19(22)12-10-8-6-5-7-9-11-18(21)17(2)3;/h17H,4-16H2,1-3H3,(H,20,22);1H. The van der Waals surface area contributed by atoms with Crippen LogP contribution in [0.5, 0.6) is 0 Å². The molecule has 0 aromatic heterocycles. The second-order valence-corrected chi connectivity index (χ2v) is 6.40. The zero-order valence-corrected chi connectivity index (χ0v) is 15.9. The van der Waals surface area contributed by atoms with E-state index in [4.69, 9.17) is 9.47 Å². The van der Waals surface area contributed by atoms with Crippen molar-refractivity contribution >= 4 is 11.7 Å². The SMILES string of the molecule is CCOCCOCCNC(=O)CCCCCCCCC(=O)C(C)C.[HH]. The summed E-state index contributed by atoms with van der Waals surface area (Å²) in [5.74, 6) is 0.637. The Morgan fingerprint density at radius 2 is 1.46 bits per heavy atom. The Balaban J connectivity index is 0. The largest absolute Gasteiger partial charge is 0.379 e. The van der Waals surface area contributed by atoms with E-state index in [9.17, 15) is 9.59 Å². The molecule has 0 aliphatic heterocycles. The lowest BCUT2D eigenvalue weighted by Crippen LogP contribution is -2.27. The number of nitrogens with one attached hydrogen (secondary N) is 1. The molecule has 1 N–H and O–H groups in total. The Hall–Kier alpha value is -0.940. The molecule has 0 atom stereocenters. The van der Waals surface area contributed by atoms with Gasteiger partial charge in [0.05, 0.1) is 19.8 Å². The maximum Gasteiger partial charge on any atom is 0.220 e. The maximum atomic E-state index is 11.6. The summed E-state index contributed by atoms with van der Waals surface area (Å²) in [5.41, 5.74) is 0. The predicted molar refractivity (Wildman–Crippen MR) is 99.2 cm³/mol. The van der Waals surface area contributed by atoms with E-state index < -0.39 is 0 Å². The predicted octanol–water partition coefficient (Wildman–Crippen LogP) is 3.75. The van der Waals surface area contributed by atoms with Crippen molar-refractivity contribution in [2.24, 2.45) is 5.92 Å². The number of amides is 1. The Bertz CT molecular complexity index is 325. The summed E-state index contributed by atoms with van der Waals surface area (Å²) < 4.78 is 10.5. The van der Waals surface area contributed by atoms with Gasteiger partial charge in [-0.1, -0.05) is 39.5 Å². The van der Waals surface area contributed by atoms with Crippen LogP contribution in [0.4, 0.5) is 0 Å². The molecule has 0 rings (SSSR count). The molecule has 0 fully saturated rings. The molecular weight excluding hydrogens is 306 g/mol. The fraction of sp³-hybridized carbons (Fsp3) is 0.895. The van der Waals surface area contributed by atoms with Crippen LogP contribution in [0.25, 0.3) is 0 Å². The molecule has 144 valence electrons. The van der Waals surface area contributed by atoms with Gasteiger partial charge in [-0.2, -0.15) is 0 Å². The Labute approximate surface area is 149 Å². The van der Waals surface area contributed by atoms with Gasteiger partial charge >= 0.3 is 0 Å². The first-order valence-corrected chi connectivity index (χ1v) is 9.52. The van der Waals surface area contributed by atoms with Crippen molar-refractivity contribution in [2.75, 3.05) is 33.0 Å². The highest BCUT2D eigenvalue weighted by Crippen LogP contribution is 2.10. The molecule has 5 heteroatoms. The van der Waals surface area contributed by atoms with Crippen molar-refractivity contribution in [3.05, 3.63) is 0 Å². The van der Waals surface area contributed by atoms with E-state index in [1.54, 1.807) is 0 Å². The van der Waals surface area contributed by atoms with E-state index in [0.717, 1.165) is 38.5 Å². The van der Waals surface area contributed by atoms with Gasteiger partial charge in [-0.05, 0) is 19.8 Å². The van der Waals surface area contributed by atoms with Gasteiger partial charge in [0.25, 0.3) is 0 Å². The molecule has 0 aromatic rings. The van der Waals surface area contributed by atoms with Gasteiger partial charge in [-0.3, -0.25) is 9.59 Å². The summed E-state index contributed by atoms with van der Waals surface area (Å²) in [6.07, 6.45) is 7.73. The third-order valence-corrected chi connectivity index (χ3v) is 3.87.